The third-order valence-corrected chi connectivity index (χ3v) is 6.98. The van der Waals surface area contributed by atoms with Crippen LogP contribution in [-0.4, -0.2) is 39.5 Å². The second-order valence-corrected chi connectivity index (χ2v) is 9.53. The number of nitrogens with zero attached hydrogens (tertiary/aromatic N) is 2. The number of amides is 1. The van der Waals surface area contributed by atoms with E-state index < -0.39 is 10.0 Å². The molecule has 1 aliphatic heterocycles. The van der Waals surface area contributed by atoms with E-state index in [1.807, 2.05) is 0 Å². The van der Waals surface area contributed by atoms with Crippen molar-refractivity contribution in [1.29, 1.82) is 0 Å². The van der Waals surface area contributed by atoms with E-state index in [4.69, 9.17) is 16.3 Å². The third kappa shape index (κ3) is 5.04. The molecule has 0 atom stereocenters. The quantitative estimate of drug-likeness (QED) is 0.513. The SMILES string of the molecule is COc1ccc(NC(=O)c2cccnc2N2CCCC2)cc1S(=O)(=O)Nc1ccccc1Cl. The van der Waals surface area contributed by atoms with Gasteiger partial charge in [0.1, 0.15) is 16.5 Å². The van der Waals surface area contributed by atoms with Gasteiger partial charge in [0.05, 0.1) is 23.4 Å². The summed E-state index contributed by atoms with van der Waals surface area (Å²) in [6.45, 7) is 1.69. The number of pyridine rings is 1. The van der Waals surface area contributed by atoms with Crippen molar-refractivity contribution in [3.8, 4) is 5.75 Å². The number of carbonyl (C=O) groups excluding carboxylic acids is 1. The Hall–Kier alpha value is -3.30. The number of halogens is 1. The number of nitrogens with one attached hydrogen (secondary N) is 2. The number of anilines is 3. The molecule has 0 radical (unpaired) electrons. The minimum atomic E-state index is -4.05. The van der Waals surface area contributed by atoms with Gasteiger partial charge in [0, 0.05) is 25.0 Å². The van der Waals surface area contributed by atoms with E-state index in [1.165, 1.54) is 19.2 Å². The zero-order chi connectivity index (χ0) is 23.4. The number of carbonyl (C=O) groups is 1. The van der Waals surface area contributed by atoms with E-state index in [9.17, 15) is 13.2 Å². The number of hydrogen-bond donors (Lipinski definition) is 2. The molecule has 1 aliphatic rings. The topological polar surface area (TPSA) is 101 Å². The van der Waals surface area contributed by atoms with Gasteiger partial charge < -0.3 is 15.0 Å². The Morgan fingerprint density at radius 3 is 2.58 bits per heavy atom. The molecule has 0 unspecified atom stereocenters. The fraction of sp³-hybridized carbons (Fsp3) is 0.217. The minimum Gasteiger partial charge on any atom is -0.495 e. The predicted octanol–water partition coefficient (Wildman–Crippen LogP) is 4.40. The zero-order valence-corrected chi connectivity index (χ0v) is 19.5. The van der Waals surface area contributed by atoms with Crippen LogP contribution in [-0.2, 0) is 10.0 Å². The summed E-state index contributed by atoms with van der Waals surface area (Å²) in [6, 6.07) is 14.3. The highest BCUT2D eigenvalue weighted by molar-refractivity contribution is 7.92. The minimum absolute atomic E-state index is 0.131. The summed E-state index contributed by atoms with van der Waals surface area (Å²) in [5.41, 5.74) is 0.964. The van der Waals surface area contributed by atoms with Gasteiger partial charge in [-0.05, 0) is 55.3 Å². The Labute approximate surface area is 197 Å². The molecule has 2 N–H and O–H groups in total. The first-order valence-corrected chi connectivity index (χ1v) is 12.2. The van der Waals surface area contributed by atoms with Crippen LogP contribution in [0.3, 0.4) is 0 Å². The zero-order valence-electron chi connectivity index (χ0n) is 17.9. The predicted molar refractivity (Wildman–Crippen MR) is 129 cm³/mol. The molecule has 0 bridgehead atoms. The number of sulfonamides is 1. The van der Waals surface area contributed by atoms with E-state index in [-0.39, 0.29) is 27.3 Å². The summed E-state index contributed by atoms with van der Waals surface area (Å²) in [6.07, 6.45) is 3.76. The Bertz CT molecular complexity index is 1280. The standard InChI is InChI=1S/C23H23ClN4O4S/c1-32-20-11-10-16(15-21(20)33(30,31)27-19-9-3-2-8-18(19)24)26-23(29)17-7-6-12-25-22(17)28-13-4-5-14-28/h2-3,6-12,15,27H,4-5,13-14H2,1H3,(H,26,29). The lowest BCUT2D eigenvalue weighted by Crippen LogP contribution is -2.24. The van der Waals surface area contributed by atoms with Gasteiger partial charge in [0.25, 0.3) is 15.9 Å². The molecule has 0 aliphatic carbocycles. The molecule has 0 saturated carbocycles. The number of benzene rings is 2. The molecule has 3 aromatic rings. The van der Waals surface area contributed by atoms with E-state index >= 15 is 0 Å². The lowest BCUT2D eigenvalue weighted by atomic mass is 10.2. The highest BCUT2D eigenvalue weighted by atomic mass is 35.5. The van der Waals surface area contributed by atoms with Crippen LogP contribution in [0.5, 0.6) is 5.75 Å². The van der Waals surface area contributed by atoms with Crippen molar-refractivity contribution in [2.75, 3.05) is 35.1 Å². The molecular formula is C23H23ClN4O4S. The Morgan fingerprint density at radius 2 is 1.85 bits per heavy atom. The van der Waals surface area contributed by atoms with Crippen LogP contribution in [0.2, 0.25) is 5.02 Å². The maximum absolute atomic E-state index is 13.1. The van der Waals surface area contributed by atoms with Gasteiger partial charge in [-0.15, -0.1) is 0 Å². The number of para-hydroxylation sites is 1. The highest BCUT2D eigenvalue weighted by Crippen LogP contribution is 2.31. The van der Waals surface area contributed by atoms with E-state index in [0.29, 0.717) is 17.1 Å². The van der Waals surface area contributed by atoms with E-state index in [1.54, 1.807) is 48.7 Å². The molecule has 8 nitrogen and oxygen atoms in total. The smallest absolute Gasteiger partial charge is 0.265 e. The first-order valence-electron chi connectivity index (χ1n) is 10.4. The first-order chi connectivity index (χ1) is 15.9. The van der Waals surface area contributed by atoms with Gasteiger partial charge in [0.2, 0.25) is 0 Å². The van der Waals surface area contributed by atoms with Gasteiger partial charge >= 0.3 is 0 Å². The number of rotatable bonds is 7. The first kappa shape index (κ1) is 22.9. The van der Waals surface area contributed by atoms with Crippen molar-refractivity contribution in [3.05, 3.63) is 71.4 Å². The molecule has 172 valence electrons. The summed E-state index contributed by atoms with van der Waals surface area (Å²) in [5, 5.41) is 3.04. The summed E-state index contributed by atoms with van der Waals surface area (Å²) in [4.78, 5) is 19.4. The molecule has 1 fully saturated rings. The van der Waals surface area contributed by atoms with E-state index in [0.717, 1.165) is 25.9 Å². The molecule has 10 heteroatoms. The van der Waals surface area contributed by atoms with Crippen LogP contribution in [0.25, 0.3) is 0 Å². The lowest BCUT2D eigenvalue weighted by Gasteiger charge is -2.19. The van der Waals surface area contributed by atoms with Crippen LogP contribution in [0.4, 0.5) is 17.2 Å². The molecule has 2 aromatic carbocycles. The second-order valence-electron chi connectivity index (χ2n) is 7.47. The average Bonchev–Trinajstić information content (AvgIpc) is 3.35. The fourth-order valence-electron chi connectivity index (χ4n) is 3.66. The Morgan fingerprint density at radius 1 is 1.09 bits per heavy atom. The normalized spacial score (nSPS) is 13.6. The monoisotopic (exact) mass is 486 g/mol. The van der Waals surface area contributed by atoms with Crippen molar-refractivity contribution >= 4 is 44.7 Å². The highest BCUT2D eigenvalue weighted by Gasteiger charge is 2.24. The van der Waals surface area contributed by atoms with Crippen LogP contribution in [0.1, 0.15) is 23.2 Å². The maximum atomic E-state index is 13.1. The van der Waals surface area contributed by atoms with Gasteiger partial charge in [-0.25, -0.2) is 13.4 Å². The van der Waals surface area contributed by atoms with Crippen LogP contribution in [0, 0.1) is 0 Å². The molecule has 1 saturated heterocycles. The number of methoxy groups -OCH3 is 1. The Kier molecular flexibility index (Phi) is 6.71. The lowest BCUT2D eigenvalue weighted by molar-refractivity contribution is 0.102. The molecule has 1 aromatic heterocycles. The largest absolute Gasteiger partial charge is 0.495 e. The van der Waals surface area contributed by atoms with Crippen molar-refractivity contribution in [3.63, 3.8) is 0 Å². The molecule has 0 spiro atoms. The number of hydrogen-bond acceptors (Lipinski definition) is 6. The summed E-state index contributed by atoms with van der Waals surface area (Å²) < 4.78 is 33.9. The molecule has 33 heavy (non-hydrogen) atoms. The fourth-order valence-corrected chi connectivity index (χ4v) is 5.18. The van der Waals surface area contributed by atoms with Gasteiger partial charge in [0.15, 0.2) is 0 Å². The third-order valence-electron chi connectivity index (χ3n) is 5.27. The molecular weight excluding hydrogens is 464 g/mol. The van der Waals surface area contributed by atoms with Gasteiger partial charge in [-0.3, -0.25) is 9.52 Å². The van der Waals surface area contributed by atoms with Crippen molar-refractivity contribution in [2.45, 2.75) is 17.7 Å². The van der Waals surface area contributed by atoms with Crippen molar-refractivity contribution < 1.29 is 17.9 Å². The average molecular weight is 487 g/mol. The van der Waals surface area contributed by atoms with Crippen LogP contribution < -0.4 is 19.7 Å². The van der Waals surface area contributed by atoms with Gasteiger partial charge in [-0.1, -0.05) is 23.7 Å². The van der Waals surface area contributed by atoms with E-state index in [2.05, 4.69) is 19.9 Å². The van der Waals surface area contributed by atoms with Crippen molar-refractivity contribution in [2.24, 2.45) is 0 Å². The molecule has 4 rings (SSSR count). The summed E-state index contributed by atoms with van der Waals surface area (Å²) in [7, 11) is -2.68. The number of ether oxygens (including phenoxy) is 1. The molecule has 1 amide bonds. The molecule has 2 heterocycles. The summed E-state index contributed by atoms with van der Waals surface area (Å²) in [5.74, 6) is 0.374. The van der Waals surface area contributed by atoms with Crippen molar-refractivity contribution in [1.82, 2.24) is 4.98 Å². The Balaban J connectivity index is 1.62. The van der Waals surface area contributed by atoms with Gasteiger partial charge in [-0.2, -0.15) is 0 Å². The number of aromatic nitrogens is 1. The summed E-state index contributed by atoms with van der Waals surface area (Å²) >= 11 is 6.10. The van der Waals surface area contributed by atoms with Crippen LogP contribution >= 0.6 is 11.6 Å². The van der Waals surface area contributed by atoms with Crippen LogP contribution in [0.15, 0.2) is 65.7 Å². The maximum Gasteiger partial charge on any atom is 0.265 e. The second kappa shape index (κ2) is 9.68.